The van der Waals surface area contributed by atoms with E-state index < -0.39 is 0 Å². The molecule has 42 heavy (non-hydrogen) atoms. The minimum Gasteiger partial charge on any atom is -0.310 e. The molecule has 0 N–H and O–H groups in total. The summed E-state index contributed by atoms with van der Waals surface area (Å²) >= 11 is 0. The zero-order valence-corrected chi connectivity index (χ0v) is 23.1. The smallest absolute Gasteiger partial charge is 0.0547 e. The highest BCUT2D eigenvalue weighted by molar-refractivity contribution is 6.16. The van der Waals surface area contributed by atoms with E-state index in [-0.39, 0.29) is 0 Å². The van der Waals surface area contributed by atoms with Gasteiger partial charge in [0.15, 0.2) is 0 Å². The lowest BCUT2D eigenvalue weighted by atomic mass is 9.98. The largest absolute Gasteiger partial charge is 0.310 e. The molecule has 0 spiro atoms. The van der Waals surface area contributed by atoms with Crippen LogP contribution in [-0.4, -0.2) is 4.57 Å². The van der Waals surface area contributed by atoms with Crippen molar-refractivity contribution in [2.45, 2.75) is 0 Å². The van der Waals surface area contributed by atoms with E-state index in [0.29, 0.717) is 0 Å². The molecule has 0 saturated heterocycles. The summed E-state index contributed by atoms with van der Waals surface area (Å²) in [5, 5.41) is 4.98. The van der Waals surface area contributed by atoms with Gasteiger partial charge in [0.25, 0.3) is 0 Å². The lowest BCUT2D eigenvalue weighted by molar-refractivity contribution is 1.18. The van der Waals surface area contributed by atoms with Crippen molar-refractivity contribution in [3.8, 4) is 16.8 Å². The van der Waals surface area contributed by atoms with E-state index in [1.165, 1.54) is 49.4 Å². The summed E-state index contributed by atoms with van der Waals surface area (Å²) < 4.78 is 2.38. The van der Waals surface area contributed by atoms with Gasteiger partial charge in [-0.2, -0.15) is 0 Å². The van der Waals surface area contributed by atoms with Crippen LogP contribution >= 0.6 is 0 Å². The number of rotatable bonds is 5. The first-order valence-electron chi connectivity index (χ1n) is 14.4. The van der Waals surface area contributed by atoms with Crippen LogP contribution in [0.1, 0.15) is 0 Å². The van der Waals surface area contributed by atoms with Crippen LogP contribution in [0.5, 0.6) is 0 Å². The molecule has 198 valence electrons. The molecule has 1 aromatic heterocycles. The predicted octanol–water partition coefficient (Wildman–Crippen LogP) is 11.1. The van der Waals surface area contributed by atoms with Crippen molar-refractivity contribution in [2.24, 2.45) is 0 Å². The van der Waals surface area contributed by atoms with E-state index in [9.17, 15) is 0 Å². The Bertz CT molecular complexity index is 2190. The van der Waals surface area contributed by atoms with Gasteiger partial charge in [0.2, 0.25) is 0 Å². The van der Waals surface area contributed by atoms with E-state index in [0.717, 1.165) is 17.1 Å². The molecule has 8 aromatic rings. The first-order chi connectivity index (χ1) is 20.9. The van der Waals surface area contributed by atoms with Gasteiger partial charge in [-0.3, -0.25) is 0 Å². The van der Waals surface area contributed by atoms with Crippen LogP contribution in [0.15, 0.2) is 170 Å². The summed E-state index contributed by atoms with van der Waals surface area (Å²) in [5.41, 5.74) is 9.42. The van der Waals surface area contributed by atoms with Gasteiger partial charge in [0.1, 0.15) is 0 Å². The fourth-order valence-electron chi connectivity index (χ4n) is 6.34. The number of anilines is 3. The second-order valence-electron chi connectivity index (χ2n) is 10.6. The first-order valence-corrected chi connectivity index (χ1v) is 14.4. The van der Waals surface area contributed by atoms with Crippen molar-refractivity contribution in [1.82, 2.24) is 4.57 Å². The summed E-state index contributed by atoms with van der Waals surface area (Å²) in [6.07, 6.45) is 0. The molecule has 0 aliphatic heterocycles. The van der Waals surface area contributed by atoms with Crippen LogP contribution in [0, 0.1) is 0 Å². The van der Waals surface area contributed by atoms with E-state index in [1.807, 2.05) is 0 Å². The average molecular weight is 537 g/mol. The van der Waals surface area contributed by atoms with Gasteiger partial charge < -0.3 is 9.47 Å². The molecule has 0 aliphatic carbocycles. The Kier molecular flexibility index (Phi) is 5.82. The van der Waals surface area contributed by atoms with Crippen molar-refractivity contribution < 1.29 is 0 Å². The van der Waals surface area contributed by atoms with E-state index in [2.05, 4.69) is 179 Å². The number of para-hydroxylation sites is 3. The monoisotopic (exact) mass is 536 g/mol. The highest BCUT2D eigenvalue weighted by Gasteiger charge is 2.18. The molecule has 0 fully saturated rings. The molecule has 0 aliphatic rings. The van der Waals surface area contributed by atoms with Gasteiger partial charge in [0.05, 0.1) is 16.7 Å². The number of aromatic nitrogens is 1. The molecule has 0 bridgehead atoms. The van der Waals surface area contributed by atoms with Crippen LogP contribution in [0.4, 0.5) is 17.1 Å². The number of hydrogen-bond acceptors (Lipinski definition) is 1. The van der Waals surface area contributed by atoms with Crippen LogP contribution in [0.3, 0.4) is 0 Å². The maximum atomic E-state index is 2.38. The minimum atomic E-state index is 1.12. The summed E-state index contributed by atoms with van der Waals surface area (Å²) in [5.74, 6) is 0. The Labute approximate surface area is 245 Å². The average Bonchev–Trinajstić information content (AvgIpc) is 3.41. The highest BCUT2D eigenvalue weighted by Crippen LogP contribution is 2.42. The number of hydrogen-bond donors (Lipinski definition) is 0. The molecule has 2 nitrogen and oxygen atoms in total. The minimum absolute atomic E-state index is 1.12. The third-order valence-corrected chi connectivity index (χ3v) is 8.15. The molecule has 0 amide bonds. The summed E-state index contributed by atoms with van der Waals surface area (Å²) in [4.78, 5) is 2.37. The highest BCUT2D eigenvalue weighted by atomic mass is 15.1. The molecule has 0 atom stereocenters. The van der Waals surface area contributed by atoms with Gasteiger partial charge in [-0.25, -0.2) is 0 Å². The molecule has 2 heteroatoms. The maximum Gasteiger partial charge on any atom is 0.0547 e. The van der Waals surface area contributed by atoms with Gasteiger partial charge in [0, 0.05) is 33.2 Å². The van der Waals surface area contributed by atoms with Crippen molar-refractivity contribution in [3.05, 3.63) is 170 Å². The van der Waals surface area contributed by atoms with Crippen LogP contribution < -0.4 is 4.90 Å². The fourth-order valence-corrected chi connectivity index (χ4v) is 6.34. The van der Waals surface area contributed by atoms with Gasteiger partial charge in [-0.1, -0.05) is 115 Å². The summed E-state index contributed by atoms with van der Waals surface area (Å²) in [6, 6.07) is 60.8. The SMILES string of the molecule is c1ccc(N(c2cccc(-c3cccc4c3c3ccccc3n4-c3ccccc3)c2)c2cccc3ccccc23)cc1. The van der Waals surface area contributed by atoms with Crippen molar-refractivity contribution in [2.75, 3.05) is 4.90 Å². The Morgan fingerprint density at radius 1 is 0.429 bits per heavy atom. The van der Waals surface area contributed by atoms with Gasteiger partial charge >= 0.3 is 0 Å². The molecular weight excluding hydrogens is 508 g/mol. The Balaban J connectivity index is 1.37. The lowest BCUT2D eigenvalue weighted by Crippen LogP contribution is -2.10. The summed E-state index contributed by atoms with van der Waals surface area (Å²) in [7, 11) is 0. The first kappa shape index (κ1) is 24.2. The zero-order chi connectivity index (χ0) is 27.9. The van der Waals surface area contributed by atoms with Crippen molar-refractivity contribution >= 4 is 49.6 Å². The van der Waals surface area contributed by atoms with Crippen molar-refractivity contribution in [3.63, 3.8) is 0 Å². The van der Waals surface area contributed by atoms with E-state index >= 15 is 0 Å². The predicted molar refractivity (Wildman–Crippen MR) is 178 cm³/mol. The topological polar surface area (TPSA) is 8.17 Å². The molecule has 0 radical (unpaired) electrons. The van der Waals surface area contributed by atoms with Crippen LogP contribution in [-0.2, 0) is 0 Å². The van der Waals surface area contributed by atoms with Crippen LogP contribution in [0.2, 0.25) is 0 Å². The van der Waals surface area contributed by atoms with Crippen molar-refractivity contribution in [1.29, 1.82) is 0 Å². The summed E-state index contributed by atoms with van der Waals surface area (Å²) in [6.45, 7) is 0. The molecule has 1 heterocycles. The normalized spacial score (nSPS) is 11.3. The molecule has 0 saturated carbocycles. The van der Waals surface area contributed by atoms with E-state index in [1.54, 1.807) is 0 Å². The van der Waals surface area contributed by atoms with Gasteiger partial charge in [-0.05, 0) is 71.1 Å². The Hall–Kier alpha value is -5.60. The number of fused-ring (bicyclic) bond motifs is 4. The fraction of sp³-hybridized carbons (Fsp3) is 0. The third-order valence-electron chi connectivity index (χ3n) is 8.15. The van der Waals surface area contributed by atoms with Crippen LogP contribution in [0.25, 0.3) is 49.4 Å². The molecule has 7 aromatic carbocycles. The molecular formula is C40H28N2. The van der Waals surface area contributed by atoms with Gasteiger partial charge in [-0.15, -0.1) is 0 Å². The maximum absolute atomic E-state index is 2.38. The lowest BCUT2D eigenvalue weighted by Gasteiger charge is -2.27. The second kappa shape index (κ2) is 10.1. The Morgan fingerprint density at radius 2 is 1.05 bits per heavy atom. The third kappa shape index (κ3) is 3.96. The number of nitrogens with zero attached hydrogens (tertiary/aromatic N) is 2. The number of benzene rings is 7. The standard InChI is InChI=1S/C40H28N2/c1-3-17-31(18-4-1)41(37-26-12-15-29-14-7-8-22-34(29)37)33-21-11-16-30(28-33)35-24-13-27-39-40(35)36-23-9-10-25-38(36)42(39)32-19-5-2-6-20-32/h1-28H. The quantitative estimate of drug-likeness (QED) is 0.212. The van der Waals surface area contributed by atoms with E-state index in [4.69, 9.17) is 0 Å². The second-order valence-corrected chi connectivity index (χ2v) is 10.6. The molecule has 8 rings (SSSR count). The zero-order valence-electron chi connectivity index (χ0n) is 23.1. The Morgan fingerprint density at radius 3 is 1.90 bits per heavy atom. The molecule has 0 unspecified atom stereocenters.